The summed E-state index contributed by atoms with van der Waals surface area (Å²) in [5.74, 6) is -1.30. The van der Waals surface area contributed by atoms with Gasteiger partial charge in [0.15, 0.2) is 0 Å². The minimum Gasteiger partial charge on any atom is -0.478 e. The Balaban J connectivity index is 3.10. The monoisotopic (exact) mass is 248 g/mol. The maximum Gasteiger partial charge on any atom is 0.405 e. The minimum absolute atomic E-state index is 0.00215. The molecule has 0 bridgehead atoms. The molecule has 1 N–H and O–H groups in total. The van der Waals surface area contributed by atoms with Crippen LogP contribution in [0.4, 0.5) is 18.9 Å². The van der Waals surface area contributed by atoms with Crippen LogP contribution in [0.5, 0.6) is 0 Å². The molecule has 0 spiro atoms. The maximum atomic E-state index is 12.2. The van der Waals surface area contributed by atoms with Gasteiger partial charge < -0.3 is 10.0 Å². The van der Waals surface area contributed by atoms with E-state index in [0.717, 1.165) is 11.1 Å². The van der Waals surface area contributed by atoms with Gasteiger partial charge in [0.2, 0.25) is 0 Å². The van der Waals surface area contributed by atoms with Gasteiger partial charge >= 0.3 is 12.1 Å². The molecular weight excluding hydrogens is 237 g/mol. The van der Waals surface area contributed by atoms with Crippen LogP contribution in [0.3, 0.4) is 0 Å². The van der Waals surface area contributed by atoms with Gasteiger partial charge in [0, 0.05) is 18.9 Å². The van der Waals surface area contributed by atoms with Crippen molar-refractivity contribution in [3.8, 4) is 0 Å². The number of aromatic carboxylic acids is 1. The highest BCUT2D eigenvalue weighted by molar-refractivity contribution is 5.94. The van der Waals surface area contributed by atoms with Gasteiger partial charge in [-0.05, 0) is 13.0 Å². The van der Waals surface area contributed by atoms with Gasteiger partial charge in [-0.2, -0.15) is 13.2 Å². The average molecular weight is 248 g/mol. The van der Waals surface area contributed by atoms with Crippen molar-refractivity contribution in [3.63, 3.8) is 0 Å². The molecule has 0 atom stereocenters. The molecule has 0 aliphatic rings. The van der Waals surface area contributed by atoms with E-state index in [9.17, 15) is 18.0 Å². The van der Waals surface area contributed by atoms with Crippen LogP contribution in [-0.2, 0) is 0 Å². The third kappa shape index (κ3) is 3.61. The van der Waals surface area contributed by atoms with E-state index in [0.29, 0.717) is 5.69 Å². The van der Waals surface area contributed by atoms with E-state index >= 15 is 0 Å². The van der Waals surface area contributed by atoms with Crippen LogP contribution in [0.1, 0.15) is 16.1 Å². The van der Waals surface area contributed by atoms with E-state index in [1.165, 1.54) is 13.1 Å². The number of aryl methyl sites for hydroxylation is 1. The molecule has 0 amide bonds. The molecule has 0 radical (unpaired) electrons. The molecule has 0 aliphatic heterocycles. The Bertz CT molecular complexity index is 432. The number of halogens is 3. The molecule has 0 aromatic carbocycles. The van der Waals surface area contributed by atoms with Gasteiger partial charge in [-0.3, -0.25) is 4.98 Å². The van der Waals surface area contributed by atoms with Crippen LogP contribution in [-0.4, -0.2) is 35.8 Å². The standard InChI is InChI=1S/C10H11F3N2O2/c1-6-3-8(7(4-14-6)9(16)17)15(2)5-10(11,12)13/h3-4H,5H2,1-2H3,(H,16,17). The SMILES string of the molecule is Cc1cc(N(C)CC(F)(F)F)c(C(=O)O)cn1. The number of aromatic nitrogens is 1. The number of hydrogen-bond acceptors (Lipinski definition) is 3. The number of hydrogen-bond donors (Lipinski definition) is 1. The van der Waals surface area contributed by atoms with Crippen LogP contribution in [0, 0.1) is 6.92 Å². The summed E-state index contributed by atoms with van der Waals surface area (Å²) in [5.41, 5.74) is 0.212. The first-order chi connectivity index (χ1) is 7.70. The Morgan fingerprint density at radius 1 is 1.53 bits per heavy atom. The highest BCUT2D eigenvalue weighted by Crippen LogP contribution is 2.24. The molecule has 1 aromatic rings. The number of pyridine rings is 1. The highest BCUT2D eigenvalue weighted by Gasteiger charge is 2.30. The summed E-state index contributed by atoms with van der Waals surface area (Å²) in [5, 5.41) is 8.86. The van der Waals surface area contributed by atoms with Gasteiger partial charge in [0.25, 0.3) is 0 Å². The van der Waals surface area contributed by atoms with Crippen molar-refractivity contribution in [3.05, 3.63) is 23.5 Å². The fraction of sp³-hybridized carbons (Fsp3) is 0.400. The molecule has 94 valence electrons. The van der Waals surface area contributed by atoms with Crippen molar-refractivity contribution < 1.29 is 23.1 Å². The molecule has 0 fully saturated rings. The summed E-state index contributed by atoms with van der Waals surface area (Å²) in [6.07, 6.45) is -3.33. The smallest absolute Gasteiger partial charge is 0.405 e. The van der Waals surface area contributed by atoms with Gasteiger partial charge in [-0.1, -0.05) is 0 Å². The lowest BCUT2D eigenvalue weighted by atomic mass is 10.2. The Hall–Kier alpha value is -1.79. The third-order valence-electron chi connectivity index (χ3n) is 2.08. The van der Waals surface area contributed by atoms with E-state index in [-0.39, 0.29) is 11.3 Å². The molecule has 4 nitrogen and oxygen atoms in total. The van der Waals surface area contributed by atoms with E-state index < -0.39 is 18.7 Å². The van der Waals surface area contributed by atoms with Gasteiger partial charge in [-0.15, -0.1) is 0 Å². The summed E-state index contributed by atoms with van der Waals surface area (Å²) in [7, 11) is 1.19. The zero-order valence-electron chi connectivity index (χ0n) is 9.25. The average Bonchev–Trinajstić information content (AvgIpc) is 2.14. The minimum atomic E-state index is -4.39. The van der Waals surface area contributed by atoms with Crippen LogP contribution in [0.25, 0.3) is 0 Å². The van der Waals surface area contributed by atoms with Crippen LogP contribution < -0.4 is 4.90 Å². The van der Waals surface area contributed by atoms with E-state index in [1.54, 1.807) is 6.92 Å². The normalized spacial score (nSPS) is 11.4. The molecule has 0 unspecified atom stereocenters. The van der Waals surface area contributed by atoms with Crippen LogP contribution in [0.2, 0.25) is 0 Å². The van der Waals surface area contributed by atoms with Gasteiger partial charge in [0.05, 0.1) is 5.69 Å². The number of carbonyl (C=O) groups is 1. The predicted octanol–water partition coefficient (Wildman–Crippen LogP) is 2.09. The molecule has 1 heterocycles. The van der Waals surface area contributed by atoms with Crippen molar-refractivity contribution in [2.45, 2.75) is 13.1 Å². The van der Waals surface area contributed by atoms with Crippen molar-refractivity contribution in [2.75, 3.05) is 18.5 Å². The Morgan fingerprint density at radius 2 is 2.12 bits per heavy atom. The number of alkyl halides is 3. The molecule has 17 heavy (non-hydrogen) atoms. The lowest BCUT2D eigenvalue weighted by Gasteiger charge is -2.22. The molecule has 1 rings (SSSR count). The fourth-order valence-electron chi connectivity index (χ4n) is 1.38. The molecule has 0 saturated carbocycles. The fourth-order valence-corrected chi connectivity index (χ4v) is 1.38. The second-order valence-corrected chi connectivity index (χ2v) is 3.62. The van der Waals surface area contributed by atoms with E-state index in [2.05, 4.69) is 4.98 Å². The van der Waals surface area contributed by atoms with E-state index in [4.69, 9.17) is 5.11 Å². The zero-order chi connectivity index (χ0) is 13.2. The Kier molecular flexibility index (Phi) is 3.59. The molecule has 7 heteroatoms. The highest BCUT2D eigenvalue weighted by atomic mass is 19.4. The molecule has 0 aliphatic carbocycles. The van der Waals surface area contributed by atoms with Crippen molar-refractivity contribution in [1.29, 1.82) is 0 Å². The van der Waals surface area contributed by atoms with Crippen LogP contribution in [0.15, 0.2) is 12.3 Å². The van der Waals surface area contributed by atoms with Crippen LogP contribution >= 0.6 is 0 Å². The number of carboxylic acid groups (broad SMARTS) is 1. The number of carboxylic acids is 1. The molecule has 0 saturated heterocycles. The number of nitrogens with zero attached hydrogens (tertiary/aromatic N) is 2. The first-order valence-corrected chi connectivity index (χ1v) is 4.68. The topological polar surface area (TPSA) is 53.4 Å². The second kappa shape index (κ2) is 4.60. The second-order valence-electron chi connectivity index (χ2n) is 3.62. The summed E-state index contributed by atoms with van der Waals surface area (Å²) in [6.45, 7) is 0.368. The number of rotatable bonds is 3. The lowest BCUT2D eigenvalue weighted by molar-refractivity contribution is -0.119. The Labute approximate surface area is 95.7 Å². The third-order valence-corrected chi connectivity index (χ3v) is 2.08. The van der Waals surface area contributed by atoms with Gasteiger partial charge in [-0.25, -0.2) is 4.79 Å². The van der Waals surface area contributed by atoms with Crippen molar-refractivity contribution in [2.24, 2.45) is 0 Å². The largest absolute Gasteiger partial charge is 0.478 e. The van der Waals surface area contributed by atoms with Crippen molar-refractivity contribution >= 4 is 11.7 Å². The maximum absolute atomic E-state index is 12.2. The van der Waals surface area contributed by atoms with E-state index in [1.807, 2.05) is 0 Å². The zero-order valence-corrected chi connectivity index (χ0v) is 9.25. The predicted molar refractivity (Wildman–Crippen MR) is 55.3 cm³/mol. The Morgan fingerprint density at radius 3 is 2.59 bits per heavy atom. The summed E-state index contributed by atoms with van der Waals surface area (Å²) in [4.78, 5) is 15.5. The summed E-state index contributed by atoms with van der Waals surface area (Å²) >= 11 is 0. The quantitative estimate of drug-likeness (QED) is 0.889. The molecular formula is C10H11F3N2O2. The first-order valence-electron chi connectivity index (χ1n) is 4.68. The summed E-state index contributed by atoms with van der Waals surface area (Å²) < 4.78 is 36.7. The van der Waals surface area contributed by atoms with Gasteiger partial charge in [0.1, 0.15) is 12.1 Å². The molecule has 1 aromatic heterocycles. The van der Waals surface area contributed by atoms with Crippen molar-refractivity contribution in [1.82, 2.24) is 4.98 Å². The first kappa shape index (κ1) is 13.3. The lowest BCUT2D eigenvalue weighted by Crippen LogP contribution is -2.32. The summed E-state index contributed by atoms with van der Waals surface area (Å²) in [6, 6.07) is 1.31. The number of anilines is 1.